The summed E-state index contributed by atoms with van der Waals surface area (Å²) in [6.45, 7) is 0. The van der Waals surface area contributed by atoms with Crippen LogP contribution in [0, 0.1) is 0 Å². The largest absolute Gasteiger partial charge is 0.376 e. The molecule has 0 fully saturated rings. The average molecular weight is 279 g/mol. The van der Waals surface area contributed by atoms with Gasteiger partial charge in [-0.2, -0.15) is 0 Å². The van der Waals surface area contributed by atoms with E-state index in [1.807, 2.05) is 0 Å². The molecule has 0 saturated carbocycles. The molecule has 2 rings (SSSR count). The van der Waals surface area contributed by atoms with Gasteiger partial charge in [-0.3, -0.25) is 0 Å². The highest BCUT2D eigenvalue weighted by atomic mass is 32.1. The molecule has 0 radical (unpaired) electrons. The number of hydrogen-bond donors (Lipinski definition) is 2. The number of aromatic nitrogens is 3. The molecule has 0 aliphatic carbocycles. The molecule has 1 aromatic heterocycles. The number of thiocarbonyl (C=S) groups is 1. The number of anilines is 1. The van der Waals surface area contributed by atoms with Crippen LogP contribution in [0.5, 0.6) is 0 Å². The predicted octanol–water partition coefficient (Wildman–Crippen LogP) is -0.470. The fourth-order valence-electron chi connectivity index (χ4n) is 1.68. The number of nitrogens with zero attached hydrogens (tertiary/aromatic N) is 3. The lowest BCUT2D eigenvalue weighted by Crippen LogP contribution is -2.26. The van der Waals surface area contributed by atoms with Crippen LogP contribution in [-0.4, -0.2) is 19.0 Å². The monoisotopic (exact) mass is 279 g/mol. The van der Waals surface area contributed by atoms with Crippen molar-refractivity contribution in [3.05, 3.63) is 45.2 Å². The molecule has 0 spiro atoms. The van der Waals surface area contributed by atoms with E-state index in [-0.39, 0.29) is 5.11 Å². The first-order chi connectivity index (χ1) is 8.91. The molecule has 0 bridgehead atoms. The van der Waals surface area contributed by atoms with E-state index in [0.717, 1.165) is 4.57 Å². The molecular weight excluding hydrogens is 266 g/mol. The maximum absolute atomic E-state index is 11.9. The first kappa shape index (κ1) is 13.1. The third-order valence-corrected chi connectivity index (χ3v) is 2.88. The first-order valence-electron chi connectivity index (χ1n) is 5.43. The van der Waals surface area contributed by atoms with Gasteiger partial charge in [0.15, 0.2) is 5.11 Å². The summed E-state index contributed by atoms with van der Waals surface area (Å²) in [7, 11) is 3.06. The van der Waals surface area contributed by atoms with Crippen LogP contribution in [0.1, 0.15) is 0 Å². The number of nitrogens with one attached hydrogen (secondary N) is 1. The third-order valence-electron chi connectivity index (χ3n) is 2.78. The Labute approximate surface area is 113 Å². The van der Waals surface area contributed by atoms with Crippen molar-refractivity contribution in [2.75, 3.05) is 5.32 Å². The lowest BCUT2D eigenvalue weighted by molar-refractivity contribution is 0.565. The fraction of sp³-hybridized carbons (Fsp3) is 0.182. The van der Waals surface area contributed by atoms with Gasteiger partial charge in [-0.25, -0.2) is 23.5 Å². The molecule has 1 heterocycles. The molecule has 0 amide bonds. The molecule has 0 saturated heterocycles. The minimum atomic E-state index is -0.400. The highest BCUT2D eigenvalue weighted by molar-refractivity contribution is 7.80. The zero-order valence-corrected chi connectivity index (χ0v) is 11.3. The minimum Gasteiger partial charge on any atom is -0.376 e. The highest BCUT2D eigenvalue weighted by Crippen LogP contribution is 2.10. The molecule has 7 nitrogen and oxygen atoms in total. The molecule has 0 unspecified atom stereocenters. The van der Waals surface area contributed by atoms with Crippen molar-refractivity contribution in [1.82, 2.24) is 13.9 Å². The Morgan fingerprint density at radius 1 is 1.11 bits per heavy atom. The number of nitrogens with two attached hydrogens (primary N) is 1. The maximum atomic E-state index is 11.9. The molecule has 0 atom stereocenters. The van der Waals surface area contributed by atoms with Crippen LogP contribution < -0.4 is 22.4 Å². The van der Waals surface area contributed by atoms with Gasteiger partial charge in [0.2, 0.25) is 0 Å². The van der Waals surface area contributed by atoms with Crippen LogP contribution in [-0.2, 0) is 14.1 Å². The average Bonchev–Trinajstić information content (AvgIpc) is 2.55. The Hall–Kier alpha value is -2.35. The van der Waals surface area contributed by atoms with Gasteiger partial charge in [-0.05, 0) is 36.5 Å². The van der Waals surface area contributed by atoms with Crippen molar-refractivity contribution in [3.63, 3.8) is 0 Å². The first-order valence-corrected chi connectivity index (χ1v) is 5.84. The SMILES string of the molecule is Cn1c(=O)n(-c2ccc(NC(N)=S)cc2)c(=O)n1C. The van der Waals surface area contributed by atoms with Crippen LogP contribution in [0.15, 0.2) is 33.9 Å². The van der Waals surface area contributed by atoms with Crippen molar-refractivity contribution < 1.29 is 0 Å². The summed E-state index contributed by atoms with van der Waals surface area (Å²) in [5, 5.41) is 2.92. The zero-order chi connectivity index (χ0) is 14.2. The Kier molecular flexibility index (Phi) is 3.26. The molecule has 8 heteroatoms. The van der Waals surface area contributed by atoms with E-state index in [1.54, 1.807) is 24.3 Å². The Morgan fingerprint density at radius 3 is 2.00 bits per heavy atom. The second-order valence-electron chi connectivity index (χ2n) is 3.98. The van der Waals surface area contributed by atoms with Gasteiger partial charge in [0.1, 0.15) is 0 Å². The lowest BCUT2D eigenvalue weighted by atomic mass is 10.3. The maximum Gasteiger partial charge on any atom is 0.351 e. The summed E-state index contributed by atoms with van der Waals surface area (Å²) >= 11 is 4.72. The quantitative estimate of drug-likeness (QED) is 0.726. The molecule has 1 aromatic carbocycles. The van der Waals surface area contributed by atoms with Gasteiger partial charge in [0, 0.05) is 19.8 Å². The topological polar surface area (TPSA) is 87.0 Å². The highest BCUT2D eigenvalue weighted by Gasteiger charge is 2.11. The van der Waals surface area contributed by atoms with E-state index in [0.29, 0.717) is 11.4 Å². The second kappa shape index (κ2) is 4.73. The van der Waals surface area contributed by atoms with Crippen LogP contribution in [0.2, 0.25) is 0 Å². The number of hydrogen-bond acceptors (Lipinski definition) is 3. The summed E-state index contributed by atoms with van der Waals surface area (Å²) in [6.07, 6.45) is 0. The minimum absolute atomic E-state index is 0.153. The second-order valence-corrected chi connectivity index (χ2v) is 4.42. The van der Waals surface area contributed by atoms with Crippen molar-refractivity contribution in [3.8, 4) is 5.69 Å². The van der Waals surface area contributed by atoms with E-state index in [2.05, 4.69) is 5.32 Å². The van der Waals surface area contributed by atoms with E-state index >= 15 is 0 Å². The summed E-state index contributed by atoms with van der Waals surface area (Å²) in [4.78, 5) is 23.8. The van der Waals surface area contributed by atoms with Crippen molar-refractivity contribution in [1.29, 1.82) is 0 Å². The Morgan fingerprint density at radius 2 is 1.58 bits per heavy atom. The van der Waals surface area contributed by atoms with Gasteiger partial charge < -0.3 is 11.1 Å². The van der Waals surface area contributed by atoms with Gasteiger partial charge in [0.25, 0.3) is 0 Å². The van der Waals surface area contributed by atoms with Gasteiger partial charge >= 0.3 is 11.4 Å². The van der Waals surface area contributed by atoms with E-state index in [9.17, 15) is 9.59 Å². The summed E-state index contributed by atoms with van der Waals surface area (Å²) in [6, 6.07) is 6.66. The van der Waals surface area contributed by atoms with Gasteiger partial charge in [-0.1, -0.05) is 0 Å². The van der Waals surface area contributed by atoms with Crippen LogP contribution in [0.25, 0.3) is 5.69 Å². The van der Waals surface area contributed by atoms with Crippen LogP contribution >= 0.6 is 12.2 Å². The number of benzene rings is 1. The van der Waals surface area contributed by atoms with Gasteiger partial charge in [0.05, 0.1) is 5.69 Å². The smallest absolute Gasteiger partial charge is 0.351 e. The van der Waals surface area contributed by atoms with E-state index < -0.39 is 11.4 Å². The molecule has 2 aromatic rings. The lowest BCUT2D eigenvalue weighted by Gasteiger charge is -2.04. The van der Waals surface area contributed by atoms with E-state index in [1.165, 1.54) is 23.5 Å². The molecule has 19 heavy (non-hydrogen) atoms. The summed E-state index contributed by atoms with van der Waals surface area (Å²) < 4.78 is 3.57. The molecule has 0 aliphatic rings. The standard InChI is InChI=1S/C11H13N5O2S/c1-14-10(17)16(11(18)15(14)2)8-5-3-7(4-6-8)13-9(12)19/h3-6H,1-2H3,(H3,12,13,19). The molecule has 100 valence electrons. The Balaban J connectivity index is 2.49. The predicted molar refractivity (Wildman–Crippen MR) is 76.7 cm³/mol. The van der Waals surface area contributed by atoms with Crippen LogP contribution in [0.4, 0.5) is 5.69 Å². The van der Waals surface area contributed by atoms with Crippen molar-refractivity contribution >= 4 is 23.0 Å². The zero-order valence-electron chi connectivity index (χ0n) is 10.5. The van der Waals surface area contributed by atoms with Gasteiger partial charge in [-0.15, -0.1) is 0 Å². The molecule has 3 N–H and O–H groups in total. The van der Waals surface area contributed by atoms with Crippen molar-refractivity contribution in [2.24, 2.45) is 19.8 Å². The Bertz CT molecular complexity index is 704. The normalized spacial score (nSPS) is 10.4. The molecular formula is C11H13N5O2S. The summed E-state index contributed by atoms with van der Waals surface area (Å²) in [5.74, 6) is 0. The number of rotatable bonds is 2. The fourth-order valence-corrected chi connectivity index (χ4v) is 1.80. The molecule has 0 aliphatic heterocycles. The third kappa shape index (κ3) is 2.29. The summed E-state index contributed by atoms with van der Waals surface area (Å²) in [5.41, 5.74) is 5.73. The van der Waals surface area contributed by atoms with Crippen LogP contribution in [0.3, 0.4) is 0 Å². The van der Waals surface area contributed by atoms with E-state index in [4.69, 9.17) is 18.0 Å². The van der Waals surface area contributed by atoms with Crippen molar-refractivity contribution in [2.45, 2.75) is 0 Å².